The van der Waals surface area contributed by atoms with Gasteiger partial charge in [-0.05, 0) is 6.42 Å². The van der Waals surface area contributed by atoms with Gasteiger partial charge < -0.3 is 24.6 Å². The van der Waals surface area contributed by atoms with Crippen molar-refractivity contribution < 1.29 is 38.2 Å². The van der Waals surface area contributed by atoms with Gasteiger partial charge in [0.05, 0.1) is 33.0 Å². The van der Waals surface area contributed by atoms with Gasteiger partial charge >= 0.3 is 7.82 Å². The van der Waals surface area contributed by atoms with E-state index in [1.54, 1.807) is 4.90 Å². The van der Waals surface area contributed by atoms with Gasteiger partial charge in [0.1, 0.15) is 6.10 Å². The average molecular weight is 570 g/mol. The summed E-state index contributed by atoms with van der Waals surface area (Å²) in [6, 6.07) is 0. The molecule has 1 unspecified atom stereocenters. The third-order valence-corrected chi connectivity index (χ3v) is 7.68. The Kier molecular flexibility index (Phi) is 28.4. The van der Waals surface area contributed by atoms with E-state index in [1.807, 2.05) is 0 Å². The van der Waals surface area contributed by atoms with Gasteiger partial charge in [0.2, 0.25) is 0 Å². The lowest BCUT2D eigenvalue weighted by molar-refractivity contribution is -0.0224. The fourth-order valence-electron chi connectivity index (χ4n) is 4.27. The second-order valence-corrected chi connectivity index (χ2v) is 11.6. The molecule has 0 fully saturated rings. The predicted octanol–water partition coefficient (Wildman–Crippen LogP) is 5.70. The fourth-order valence-corrected chi connectivity index (χ4v) is 5.01. The van der Waals surface area contributed by atoms with Crippen LogP contribution in [0.1, 0.15) is 110 Å². The Hall–Kier alpha value is -0.0900. The van der Waals surface area contributed by atoms with Crippen LogP contribution in [0.4, 0.5) is 0 Å². The highest BCUT2D eigenvalue weighted by molar-refractivity contribution is 7.47. The van der Waals surface area contributed by atoms with Crippen LogP contribution in [0.5, 0.6) is 0 Å². The van der Waals surface area contributed by atoms with Crippen LogP contribution in [-0.4, -0.2) is 92.5 Å². The molecule has 0 saturated carbocycles. The van der Waals surface area contributed by atoms with Gasteiger partial charge in [0.25, 0.3) is 0 Å². The Balaban J connectivity index is 3.59. The predicted molar refractivity (Wildman–Crippen MR) is 154 cm³/mol. The Bertz CT molecular complexity index is 523. The topological polar surface area (TPSA) is 118 Å². The molecule has 0 radical (unpaired) electrons. The van der Waals surface area contributed by atoms with Gasteiger partial charge in [0, 0.05) is 33.4 Å². The lowest BCUT2D eigenvalue weighted by atomic mass is 10.0. The second-order valence-electron chi connectivity index (χ2n) is 10.1. The SMILES string of the molecule is CCCCCCCCCCCCCCCCCCOC[C@@H](COP(=O)(O)OCCN(CCO)CCO)OC. The quantitative estimate of drug-likeness (QED) is 0.0714. The maximum absolute atomic E-state index is 12.1. The zero-order valence-corrected chi connectivity index (χ0v) is 25.4. The van der Waals surface area contributed by atoms with E-state index in [-0.39, 0.29) is 33.0 Å². The third kappa shape index (κ3) is 26.1. The molecule has 0 aromatic heterocycles. The molecule has 0 bridgehead atoms. The standard InChI is InChI=1S/C28H60NO8P/c1-3-4-5-6-7-8-9-10-11-12-13-14-15-16-17-18-24-35-26-28(34-2)27-37-38(32,33)36-25-21-29(19-22-30)20-23-31/h28,30-31H,3-27H2,1-2H3,(H,32,33)/t28-/m0/s1. The van der Waals surface area contributed by atoms with Crippen LogP contribution in [0, 0.1) is 0 Å². The number of rotatable bonds is 31. The average Bonchev–Trinajstić information content (AvgIpc) is 2.89. The summed E-state index contributed by atoms with van der Waals surface area (Å²) < 4.78 is 33.0. The first-order valence-corrected chi connectivity index (χ1v) is 16.6. The van der Waals surface area contributed by atoms with Crippen LogP contribution < -0.4 is 0 Å². The number of nitrogens with zero attached hydrogens (tertiary/aromatic N) is 1. The number of ether oxygens (including phenoxy) is 2. The van der Waals surface area contributed by atoms with E-state index in [0.717, 1.165) is 12.8 Å². The number of phosphoric acid groups is 1. The van der Waals surface area contributed by atoms with Crippen molar-refractivity contribution in [3.05, 3.63) is 0 Å². The van der Waals surface area contributed by atoms with E-state index in [9.17, 15) is 9.46 Å². The number of aliphatic hydroxyl groups is 2. The van der Waals surface area contributed by atoms with Crippen LogP contribution >= 0.6 is 7.82 Å². The summed E-state index contributed by atoms with van der Waals surface area (Å²) in [4.78, 5) is 11.6. The smallest absolute Gasteiger partial charge is 0.395 e. The molecule has 10 heteroatoms. The molecular formula is C28H60NO8P. The van der Waals surface area contributed by atoms with Crippen molar-refractivity contribution in [3.63, 3.8) is 0 Å². The van der Waals surface area contributed by atoms with Crippen molar-refractivity contribution in [2.45, 2.75) is 116 Å². The monoisotopic (exact) mass is 569 g/mol. The van der Waals surface area contributed by atoms with Gasteiger partial charge in [-0.2, -0.15) is 0 Å². The van der Waals surface area contributed by atoms with E-state index in [0.29, 0.717) is 26.2 Å². The largest absolute Gasteiger partial charge is 0.472 e. The van der Waals surface area contributed by atoms with E-state index < -0.39 is 13.9 Å². The first-order valence-electron chi connectivity index (χ1n) is 15.2. The Labute approximate surface area is 233 Å². The number of phosphoric ester groups is 1. The molecule has 0 aliphatic heterocycles. The number of unbranched alkanes of at least 4 members (excludes halogenated alkanes) is 15. The first kappa shape index (κ1) is 37.9. The molecule has 230 valence electrons. The molecule has 3 N–H and O–H groups in total. The van der Waals surface area contributed by atoms with E-state index in [1.165, 1.54) is 97.0 Å². The molecular weight excluding hydrogens is 509 g/mol. The highest BCUT2D eigenvalue weighted by Crippen LogP contribution is 2.43. The number of hydrogen-bond donors (Lipinski definition) is 3. The van der Waals surface area contributed by atoms with Crippen molar-refractivity contribution in [2.75, 3.05) is 66.4 Å². The van der Waals surface area contributed by atoms with Gasteiger partial charge in [0.15, 0.2) is 0 Å². The highest BCUT2D eigenvalue weighted by Gasteiger charge is 2.23. The summed E-state index contributed by atoms with van der Waals surface area (Å²) in [5, 5.41) is 18.0. The number of methoxy groups -OCH3 is 1. The van der Waals surface area contributed by atoms with Crippen molar-refractivity contribution in [2.24, 2.45) is 0 Å². The molecule has 0 spiro atoms. The zero-order valence-electron chi connectivity index (χ0n) is 24.5. The second kappa shape index (κ2) is 28.4. The normalized spacial score (nSPS) is 14.3. The lowest BCUT2D eigenvalue weighted by Gasteiger charge is -2.21. The van der Waals surface area contributed by atoms with Gasteiger partial charge in [-0.3, -0.25) is 13.9 Å². The Morgan fingerprint density at radius 2 is 1.13 bits per heavy atom. The minimum atomic E-state index is -4.22. The van der Waals surface area contributed by atoms with Crippen molar-refractivity contribution >= 4 is 7.82 Å². The summed E-state index contributed by atoms with van der Waals surface area (Å²) in [5.41, 5.74) is 0. The van der Waals surface area contributed by atoms with Crippen LogP contribution in [-0.2, 0) is 23.1 Å². The van der Waals surface area contributed by atoms with E-state index >= 15 is 0 Å². The lowest BCUT2D eigenvalue weighted by Crippen LogP contribution is -2.32. The van der Waals surface area contributed by atoms with E-state index in [2.05, 4.69) is 6.92 Å². The molecule has 38 heavy (non-hydrogen) atoms. The molecule has 2 atom stereocenters. The molecule has 0 saturated heterocycles. The minimum Gasteiger partial charge on any atom is -0.395 e. The molecule has 0 aromatic carbocycles. The molecule has 0 rings (SSSR count). The minimum absolute atomic E-state index is 0.0544. The Morgan fingerprint density at radius 1 is 0.658 bits per heavy atom. The maximum Gasteiger partial charge on any atom is 0.472 e. The molecule has 0 amide bonds. The van der Waals surface area contributed by atoms with Crippen LogP contribution in [0.2, 0.25) is 0 Å². The maximum atomic E-state index is 12.1. The Morgan fingerprint density at radius 3 is 1.58 bits per heavy atom. The van der Waals surface area contributed by atoms with Crippen molar-refractivity contribution in [1.82, 2.24) is 4.90 Å². The fraction of sp³-hybridized carbons (Fsp3) is 1.00. The van der Waals surface area contributed by atoms with Crippen LogP contribution in [0.15, 0.2) is 0 Å². The summed E-state index contributed by atoms with van der Waals surface area (Å²) in [7, 11) is -2.71. The summed E-state index contributed by atoms with van der Waals surface area (Å²) >= 11 is 0. The van der Waals surface area contributed by atoms with Crippen molar-refractivity contribution in [3.8, 4) is 0 Å². The summed E-state index contributed by atoms with van der Waals surface area (Å²) in [5.74, 6) is 0. The third-order valence-electron chi connectivity index (χ3n) is 6.70. The summed E-state index contributed by atoms with van der Waals surface area (Å²) in [6.45, 7) is 3.89. The molecule has 0 aromatic rings. The van der Waals surface area contributed by atoms with Crippen LogP contribution in [0.25, 0.3) is 0 Å². The van der Waals surface area contributed by atoms with Gasteiger partial charge in [-0.25, -0.2) is 4.57 Å². The molecule has 0 heterocycles. The number of aliphatic hydroxyl groups excluding tert-OH is 2. The van der Waals surface area contributed by atoms with Crippen molar-refractivity contribution in [1.29, 1.82) is 0 Å². The molecule has 0 aliphatic carbocycles. The first-order chi connectivity index (χ1) is 18.5. The summed E-state index contributed by atoms with van der Waals surface area (Å²) in [6.07, 6.45) is 20.8. The van der Waals surface area contributed by atoms with Crippen LogP contribution in [0.3, 0.4) is 0 Å². The zero-order chi connectivity index (χ0) is 28.2. The van der Waals surface area contributed by atoms with Gasteiger partial charge in [-0.15, -0.1) is 0 Å². The number of hydrogen-bond acceptors (Lipinski definition) is 8. The van der Waals surface area contributed by atoms with E-state index in [4.69, 9.17) is 28.7 Å². The highest BCUT2D eigenvalue weighted by atomic mass is 31.2. The van der Waals surface area contributed by atoms with Gasteiger partial charge in [-0.1, -0.05) is 103 Å². The molecule has 9 nitrogen and oxygen atoms in total. The molecule has 0 aliphatic rings.